The average molecular weight is 781 g/mol. The van der Waals surface area contributed by atoms with E-state index in [0.717, 1.165) is 60.5 Å². The Labute approximate surface area is 339 Å². The van der Waals surface area contributed by atoms with E-state index in [2.05, 4.69) is 164 Å². The molecule has 5 heterocycles. The minimum absolute atomic E-state index is 0.673. The van der Waals surface area contributed by atoms with Crippen molar-refractivity contribution >= 4 is 94.7 Å². The molecule has 0 N–H and O–H groups in total. The van der Waals surface area contributed by atoms with Crippen molar-refractivity contribution in [1.29, 1.82) is 0 Å². The van der Waals surface area contributed by atoms with Crippen LogP contribution in [-0.4, -0.2) is 19.9 Å². The quantitative estimate of drug-likeness (QED) is 0.175. The fourth-order valence-electron chi connectivity index (χ4n) is 7.92. The van der Waals surface area contributed by atoms with Crippen LogP contribution in [0.2, 0.25) is 0 Å². The van der Waals surface area contributed by atoms with Gasteiger partial charge in [0.05, 0.1) is 27.3 Å². The summed E-state index contributed by atoms with van der Waals surface area (Å²) in [6.45, 7) is 0. The zero-order valence-corrected chi connectivity index (χ0v) is 32.6. The third-order valence-electron chi connectivity index (χ3n) is 10.7. The summed E-state index contributed by atoms with van der Waals surface area (Å²) in [7, 11) is 0. The molecule has 7 heteroatoms. The summed E-state index contributed by atoms with van der Waals surface area (Å²) in [5.74, 6) is 1.37. The maximum absolute atomic E-state index is 5.25. The van der Waals surface area contributed by atoms with Crippen molar-refractivity contribution in [2.45, 2.75) is 0 Å². The van der Waals surface area contributed by atoms with Gasteiger partial charge < -0.3 is 0 Å². The summed E-state index contributed by atoms with van der Waals surface area (Å²) < 4.78 is 7.38. The van der Waals surface area contributed by atoms with Crippen molar-refractivity contribution in [3.8, 4) is 56.5 Å². The molecule has 7 aromatic carbocycles. The second-order valence-electron chi connectivity index (χ2n) is 14.2. The standard InChI is InChI=1S/C50H28N4S3/c1-2-10-29(11-3-1)46-48-47(38-14-6-9-17-43(38)57-48)54-50(53-46)31-20-18-30(19-21-31)49-51-39(32-22-24-36-34-12-4-7-15-41(34)55-44(36)26-32)28-40(52-49)33-23-25-37-35-13-5-8-16-42(35)56-45(37)27-33/h1-28H. The van der Waals surface area contributed by atoms with Crippen LogP contribution in [0.5, 0.6) is 0 Å². The lowest BCUT2D eigenvalue weighted by atomic mass is 10.0. The Morgan fingerprint density at radius 2 is 0.754 bits per heavy atom. The van der Waals surface area contributed by atoms with E-state index >= 15 is 0 Å². The third-order valence-corrected chi connectivity index (χ3v) is 14.2. The van der Waals surface area contributed by atoms with Gasteiger partial charge in [0.15, 0.2) is 11.6 Å². The summed E-state index contributed by atoms with van der Waals surface area (Å²) in [4.78, 5) is 20.9. The predicted octanol–water partition coefficient (Wildman–Crippen LogP) is 14.7. The van der Waals surface area contributed by atoms with Crippen molar-refractivity contribution in [3.05, 3.63) is 170 Å². The molecule has 0 amide bonds. The second kappa shape index (κ2) is 13.0. The highest BCUT2D eigenvalue weighted by molar-refractivity contribution is 7.26. The largest absolute Gasteiger partial charge is 0.228 e. The van der Waals surface area contributed by atoms with E-state index in [1.165, 1.54) is 45.0 Å². The van der Waals surface area contributed by atoms with Gasteiger partial charge >= 0.3 is 0 Å². The lowest BCUT2D eigenvalue weighted by Gasteiger charge is -2.11. The van der Waals surface area contributed by atoms with Gasteiger partial charge in [-0.1, -0.05) is 133 Å². The highest BCUT2D eigenvalue weighted by Crippen LogP contribution is 2.41. The summed E-state index contributed by atoms with van der Waals surface area (Å²) in [5.41, 5.74) is 8.79. The van der Waals surface area contributed by atoms with Crippen LogP contribution in [0, 0.1) is 0 Å². The highest BCUT2D eigenvalue weighted by atomic mass is 32.1. The van der Waals surface area contributed by atoms with Crippen LogP contribution in [-0.2, 0) is 0 Å². The molecule has 0 atom stereocenters. The Hall–Kier alpha value is -6.64. The van der Waals surface area contributed by atoms with E-state index in [-0.39, 0.29) is 0 Å². The van der Waals surface area contributed by atoms with Crippen molar-refractivity contribution in [2.24, 2.45) is 0 Å². The molecule has 0 aliphatic carbocycles. The summed E-state index contributed by atoms with van der Waals surface area (Å²) in [6.07, 6.45) is 0. The lowest BCUT2D eigenvalue weighted by Crippen LogP contribution is -1.97. The molecule has 0 fully saturated rings. The monoisotopic (exact) mass is 780 g/mol. The summed E-state index contributed by atoms with van der Waals surface area (Å²) in [6, 6.07) is 60.1. The number of hydrogen-bond donors (Lipinski definition) is 0. The number of fused-ring (bicyclic) bond motifs is 9. The molecule has 0 spiro atoms. The smallest absolute Gasteiger partial charge is 0.160 e. The molecule has 0 saturated heterocycles. The van der Waals surface area contributed by atoms with E-state index in [1.807, 2.05) is 28.7 Å². The van der Waals surface area contributed by atoms with Gasteiger partial charge in [0.2, 0.25) is 0 Å². The molecule has 12 rings (SSSR count). The molecule has 0 aliphatic heterocycles. The molecular formula is C50H28N4S3. The second-order valence-corrected chi connectivity index (χ2v) is 17.4. The maximum atomic E-state index is 5.25. The Kier molecular flexibility index (Phi) is 7.41. The molecule has 0 unspecified atom stereocenters. The normalized spacial score (nSPS) is 11.9. The number of aromatic nitrogens is 4. The minimum atomic E-state index is 0.673. The molecule has 0 radical (unpaired) electrons. The van der Waals surface area contributed by atoms with Crippen molar-refractivity contribution in [2.75, 3.05) is 0 Å². The molecule has 0 bridgehead atoms. The lowest BCUT2D eigenvalue weighted by molar-refractivity contribution is 1.18. The average Bonchev–Trinajstić information content (AvgIpc) is 3.97. The van der Waals surface area contributed by atoms with E-state index in [0.29, 0.717) is 11.6 Å². The molecule has 57 heavy (non-hydrogen) atoms. The van der Waals surface area contributed by atoms with Crippen LogP contribution in [0.25, 0.3) is 117 Å². The third kappa shape index (κ3) is 5.46. The van der Waals surface area contributed by atoms with Crippen molar-refractivity contribution < 1.29 is 0 Å². The topological polar surface area (TPSA) is 51.6 Å². The van der Waals surface area contributed by atoms with Crippen LogP contribution in [0.3, 0.4) is 0 Å². The van der Waals surface area contributed by atoms with Crippen LogP contribution >= 0.6 is 34.0 Å². The van der Waals surface area contributed by atoms with E-state index in [4.69, 9.17) is 19.9 Å². The van der Waals surface area contributed by atoms with Gasteiger partial charge in [-0.25, -0.2) is 19.9 Å². The first-order valence-corrected chi connectivity index (χ1v) is 21.2. The summed E-state index contributed by atoms with van der Waals surface area (Å²) in [5, 5.41) is 6.26. The number of hydrogen-bond acceptors (Lipinski definition) is 7. The molecule has 266 valence electrons. The molecular weight excluding hydrogens is 753 g/mol. The first-order valence-electron chi connectivity index (χ1n) is 18.8. The van der Waals surface area contributed by atoms with Gasteiger partial charge in [-0.15, -0.1) is 34.0 Å². The van der Waals surface area contributed by atoms with E-state index in [1.54, 1.807) is 11.3 Å². The Bertz CT molecular complexity index is 3390. The molecule has 5 aromatic heterocycles. The molecule has 12 aromatic rings. The first kappa shape index (κ1) is 32.6. The predicted molar refractivity (Wildman–Crippen MR) is 243 cm³/mol. The fourth-order valence-corrected chi connectivity index (χ4v) is 11.4. The van der Waals surface area contributed by atoms with Gasteiger partial charge in [0.1, 0.15) is 0 Å². The maximum Gasteiger partial charge on any atom is 0.160 e. The molecule has 4 nitrogen and oxygen atoms in total. The molecule has 0 aliphatic rings. The fraction of sp³-hybridized carbons (Fsp3) is 0. The van der Waals surface area contributed by atoms with Crippen molar-refractivity contribution in [1.82, 2.24) is 19.9 Å². The van der Waals surface area contributed by atoms with Crippen LogP contribution < -0.4 is 0 Å². The number of rotatable bonds is 5. The van der Waals surface area contributed by atoms with Gasteiger partial charge in [-0.05, 0) is 36.4 Å². The van der Waals surface area contributed by atoms with Crippen molar-refractivity contribution in [3.63, 3.8) is 0 Å². The summed E-state index contributed by atoms with van der Waals surface area (Å²) >= 11 is 5.39. The minimum Gasteiger partial charge on any atom is -0.228 e. The zero-order chi connectivity index (χ0) is 37.5. The van der Waals surface area contributed by atoms with Crippen LogP contribution in [0.1, 0.15) is 0 Å². The molecule has 0 saturated carbocycles. The van der Waals surface area contributed by atoms with E-state index < -0.39 is 0 Å². The van der Waals surface area contributed by atoms with E-state index in [9.17, 15) is 0 Å². The Balaban J connectivity index is 1.000. The van der Waals surface area contributed by atoms with Crippen LogP contribution in [0.4, 0.5) is 0 Å². The van der Waals surface area contributed by atoms with Gasteiger partial charge in [0, 0.05) is 78.2 Å². The Morgan fingerprint density at radius 1 is 0.298 bits per heavy atom. The number of benzene rings is 7. The SMILES string of the molecule is c1ccc(-c2nc(-c3ccc(-c4nc(-c5ccc6c(c5)sc5ccccc56)cc(-c5ccc6c(c5)sc5ccccc56)n4)cc3)nc3c2sc2ccccc23)cc1. The van der Waals surface area contributed by atoms with Gasteiger partial charge in [-0.3, -0.25) is 0 Å². The highest BCUT2D eigenvalue weighted by Gasteiger charge is 2.18. The first-order chi connectivity index (χ1) is 28.2. The number of thiophene rings is 3. The van der Waals surface area contributed by atoms with Crippen LogP contribution in [0.15, 0.2) is 170 Å². The number of nitrogens with zero attached hydrogens (tertiary/aromatic N) is 4. The van der Waals surface area contributed by atoms with Gasteiger partial charge in [0.25, 0.3) is 0 Å². The van der Waals surface area contributed by atoms with Gasteiger partial charge in [-0.2, -0.15) is 0 Å². The Morgan fingerprint density at radius 3 is 1.33 bits per heavy atom. The zero-order valence-electron chi connectivity index (χ0n) is 30.2.